The van der Waals surface area contributed by atoms with E-state index < -0.39 is 0 Å². The molecule has 0 atom stereocenters. The molecule has 4 N–H and O–H groups in total. The highest BCUT2D eigenvalue weighted by Gasteiger charge is 2.25. The Kier molecular flexibility index (Phi) is 6.72. The Labute approximate surface area is 178 Å². The first-order valence-electron chi connectivity index (χ1n) is 11.3. The second-order valence-corrected chi connectivity index (χ2v) is 8.69. The van der Waals surface area contributed by atoms with E-state index >= 15 is 0 Å². The maximum absolute atomic E-state index is 12.0. The summed E-state index contributed by atoms with van der Waals surface area (Å²) in [7, 11) is 0. The highest BCUT2D eigenvalue weighted by atomic mass is 16.5. The number of aromatic nitrogens is 3. The third-order valence-electron chi connectivity index (χ3n) is 6.07. The number of anilines is 1. The molecule has 0 radical (unpaired) electrons. The van der Waals surface area contributed by atoms with Gasteiger partial charge in [0.05, 0.1) is 18.7 Å². The Balaban J connectivity index is 1.24. The van der Waals surface area contributed by atoms with Gasteiger partial charge in [-0.2, -0.15) is 0 Å². The molecule has 2 aliphatic carbocycles. The number of nitrogens with two attached hydrogens (primary N) is 1. The number of fused-ring (bicyclic) bond motifs is 1. The van der Waals surface area contributed by atoms with Crippen molar-refractivity contribution in [2.24, 2.45) is 5.92 Å². The normalized spacial score (nSPS) is 17.4. The maximum atomic E-state index is 12.0. The van der Waals surface area contributed by atoms with E-state index in [1.54, 1.807) is 0 Å². The van der Waals surface area contributed by atoms with Gasteiger partial charge in [0.25, 0.3) is 0 Å². The van der Waals surface area contributed by atoms with Crippen molar-refractivity contribution < 1.29 is 9.53 Å². The fraction of sp³-hybridized carbons (Fsp3) is 0.682. The molecular formula is C22H34N6O2. The van der Waals surface area contributed by atoms with E-state index in [1.165, 1.54) is 32.1 Å². The van der Waals surface area contributed by atoms with Gasteiger partial charge >= 0.3 is 6.03 Å². The summed E-state index contributed by atoms with van der Waals surface area (Å²) in [6.45, 7) is 4.24. The number of rotatable bonds is 9. The number of hydrogen-bond donors (Lipinski definition) is 3. The SMILES string of the molecule is Cc1cc2c(nc(CC3CC3)n2CCOCCNC(=O)NC2CCCCC2)c(N)n1. The fourth-order valence-corrected chi connectivity index (χ4v) is 4.28. The second kappa shape index (κ2) is 9.64. The minimum Gasteiger partial charge on any atom is -0.382 e. The number of carbonyl (C=O) groups excluding carboxylic acids is 1. The number of nitrogens with one attached hydrogen (secondary N) is 2. The van der Waals surface area contributed by atoms with Crippen LogP contribution in [0.2, 0.25) is 0 Å². The summed E-state index contributed by atoms with van der Waals surface area (Å²) in [4.78, 5) is 21.1. The molecule has 2 heterocycles. The van der Waals surface area contributed by atoms with Gasteiger partial charge in [0.1, 0.15) is 11.3 Å². The monoisotopic (exact) mass is 414 g/mol. The molecule has 2 fully saturated rings. The summed E-state index contributed by atoms with van der Waals surface area (Å²) in [6.07, 6.45) is 9.42. The zero-order valence-corrected chi connectivity index (χ0v) is 18.0. The van der Waals surface area contributed by atoms with Crippen LogP contribution in [-0.2, 0) is 17.7 Å². The Morgan fingerprint density at radius 3 is 2.77 bits per heavy atom. The van der Waals surface area contributed by atoms with Crippen LogP contribution in [0.25, 0.3) is 11.0 Å². The van der Waals surface area contributed by atoms with Gasteiger partial charge in [0.15, 0.2) is 5.82 Å². The zero-order valence-electron chi connectivity index (χ0n) is 18.0. The molecule has 0 saturated heterocycles. The van der Waals surface area contributed by atoms with Crippen molar-refractivity contribution in [3.63, 3.8) is 0 Å². The molecule has 0 unspecified atom stereocenters. The lowest BCUT2D eigenvalue weighted by molar-refractivity contribution is 0.128. The molecule has 2 aromatic heterocycles. The highest BCUT2D eigenvalue weighted by Crippen LogP contribution is 2.33. The van der Waals surface area contributed by atoms with Crippen LogP contribution in [0.3, 0.4) is 0 Å². The standard InChI is InChI=1S/C22H34N6O2/c1-15-13-18-20(21(23)25-15)27-19(14-16-7-8-16)28(18)10-12-30-11-9-24-22(29)26-17-5-3-2-4-6-17/h13,16-17H,2-12,14H2,1H3,(H2,23,25)(H2,24,26,29). The van der Waals surface area contributed by atoms with Crippen molar-refractivity contribution in [2.75, 3.05) is 25.5 Å². The molecule has 30 heavy (non-hydrogen) atoms. The second-order valence-electron chi connectivity index (χ2n) is 8.69. The molecule has 8 nitrogen and oxygen atoms in total. The summed E-state index contributed by atoms with van der Waals surface area (Å²) in [5.41, 5.74) is 8.83. The molecule has 2 saturated carbocycles. The summed E-state index contributed by atoms with van der Waals surface area (Å²) in [5.74, 6) is 2.30. The van der Waals surface area contributed by atoms with Gasteiger partial charge < -0.3 is 25.7 Å². The average molecular weight is 415 g/mol. The minimum absolute atomic E-state index is 0.0868. The van der Waals surface area contributed by atoms with Crippen LogP contribution in [0.15, 0.2) is 6.07 Å². The third kappa shape index (κ3) is 5.41. The van der Waals surface area contributed by atoms with Crippen LogP contribution in [0.5, 0.6) is 0 Å². The zero-order chi connectivity index (χ0) is 20.9. The lowest BCUT2D eigenvalue weighted by Gasteiger charge is -2.22. The predicted molar refractivity (Wildman–Crippen MR) is 117 cm³/mol. The first-order valence-corrected chi connectivity index (χ1v) is 11.3. The Bertz CT molecular complexity index is 870. The highest BCUT2D eigenvalue weighted by molar-refractivity contribution is 5.85. The molecule has 0 aromatic carbocycles. The van der Waals surface area contributed by atoms with Gasteiger partial charge in [-0.05, 0) is 44.6 Å². The molecule has 8 heteroatoms. The summed E-state index contributed by atoms with van der Waals surface area (Å²) < 4.78 is 8.02. The lowest BCUT2D eigenvalue weighted by Crippen LogP contribution is -2.43. The smallest absolute Gasteiger partial charge is 0.315 e. The number of nitrogens with zero attached hydrogens (tertiary/aromatic N) is 3. The predicted octanol–water partition coefficient (Wildman–Crippen LogP) is 2.92. The number of urea groups is 1. The molecule has 0 bridgehead atoms. The topological polar surface area (TPSA) is 107 Å². The minimum atomic E-state index is -0.0868. The molecule has 2 aromatic rings. The Morgan fingerprint density at radius 1 is 1.20 bits per heavy atom. The summed E-state index contributed by atoms with van der Waals surface area (Å²) >= 11 is 0. The van der Waals surface area contributed by atoms with Crippen LogP contribution in [0.4, 0.5) is 10.6 Å². The van der Waals surface area contributed by atoms with Crippen LogP contribution < -0.4 is 16.4 Å². The van der Waals surface area contributed by atoms with Crippen LogP contribution in [-0.4, -0.2) is 46.4 Å². The number of pyridine rings is 1. The van der Waals surface area contributed by atoms with Crippen LogP contribution in [0, 0.1) is 12.8 Å². The van der Waals surface area contributed by atoms with Crippen molar-refractivity contribution in [3.05, 3.63) is 17.6 Å². The van der Waals surface area contributed by atoms with E-state index in [0.717, 1.165) is 54.3 Å². The maximum Gasteiger partial charge on any atom is 0.315 e. The molecule has 0 aliphatic heterocycles. The van der Waals surface area contributed by atoms with Crippen molar-refractivity contribution in [3.8, 4) is 0 Å². The largest absolute Gasteiger partial charge is 0.382 e. The van der Waals surface area contributed by atoms with Gasteiger partial charge in [0, 0.05) is 31.2 Å². The van der Waals surface area contributed by atoms with Gasteiger partial charge in [-0.1, -0.05) is 19.3 Å². The first kappa shape index (κ1) is 20.9. The third-order valence-corrected chi connectivity index (χ3v) is 6.07. The summed E-state index contributed by atoms with van der Waals surface area (Å²) in [5, 5.41) is 5.95. The van der Waals surface area contributed by atoms with E-state index in [0.29, 0.717) is 31.6 Å². The number of aryl methyl sites for hydroxylation is 1. The van der Waals surface area contributed by atoms with Gasteiger partial charge in [-0.25, -0.2) is 14.8 Å². The van der Waals surface area contributed by atoms with E-state index in [4.69, 9.17) is 15.5 Å². The molecule has 2 aliphatic rings. The first-order chi connectivity index (χ1) is 14.6. The number of amides is 2. The van der Waals surface area contributed by atoms with E-state index in [-0.39, 0.29) is 6.03 Å². The van der Waals surface area contributed by atoms with E-state index in [2.05, 4.69) is 20.2 Å². The molecule has 4 rings (SSSR count). The van der Waals surface area contributed by atoms with Gasteiger partial charge in [0.2, 0.25) is 0 Å². The van der Waals surface area contributed by atoms with Gasteiger partial charge in [-0.3, -0.25) is 0 Å². The molecule has 2 amide bonds. The Hall–Kier alpha value is -2.35. The van der Waals surface area contributed by atoms with Crippen molar-refractivity contribution in [2.45, 2.75) is 70.9 Å². The number of hydrogen-bond acceptors (Lipinski definition) is 5. The molecule has 0 spiro atoms. The van der Waals surface area contributed by atoms with Gasteiger partial charge in [-0.15, -0.1) is 0 Å². The van der Waals surface area contributed by atoms with Crippen molar-refractivity contribution in [1.82, 2.24) is 25.2 Å². The van der Waals surface area contributed by atoms with Crippen LogP contribution >= 0.6 is 0 Å². The fourth-order valence-electron chi connectivity index (χ4n) is 4.28. The summed E-state index contributed by atoms with van der Waals surface area (Å²) in [6, 6.07) is 2.28. The Morgan fingerprint density at radius 2 is 2.00 bits per heavy atom. The molecule has 164 valence electrons. The average Bonchev–Trinajstić information content (AvgIpc) is 3.47. The number of carbonyl (C=O) groups is 1. The number of nitrogen functional groups attached to an aromatic ring is 1. The number of ether oxygens (including phenoxy) is 1. The lowest BCUT2D eigenvalue weighted by atomic mass is 9.96. The van der Waals surface area contributed by atoms with Crippen LogP contribution in [0.1, 0.15) is 56.5 Å². The van der Waals surface area contributed by atoms with E-state index in [9.17, 15) is 4.79 Å². The molecular weight excluding hydrogens is 380 g/mol. The van der Waals surface area contributed by atoms with Crippen molar-refractivity contribution >= 4 is 22.9 Å². The number of imidazole rings is 1. The van der Waals surface area contributed by atoms with E-state index in [1.807, 2.05) is 13.0 Å². The quantitative estimate of drug-likeness (QED) is 0.547. The van der Waals surface area contributed by atoms with Crippen molar-refractivity contribution in [1.29, 1.82) is 0 Å².